The average molecular weight is 291 g/mol. The van der Waals surface area contributed by atoms with Gasteiger partial charge in [-0.1, -0.05) is 0 Å². The van der Waals surface area contributed by atoms with Gasteiger partial charge in [-0.15, -0.1) is 0 Å². The van der Waals surface area contributed by atoms with Gasteiger partial charge >= 0.3 is 0 Å². The molecule has 5 heteroatoms. The lowest BCUT2D eigenvalue weighted by Gasteiger charge is -2.40. The van der Waals surface area contributed by atoms with E-state index in [1.807, 2.05) is 13.1 Å². The van der Waals surface area contributed by atoms with E-state index in [2.05, 4.69) is 14.9 Å². The molecule has 21 heavy (non-hydrogen) atoms. The van der Waals surface area contributed by atoms with Crippen molar-refractivity contribution in [1.29, 1.82) is 0 Å². The summed E-state index contributed by atoms with van der Waals surface area (Å²) in [5.41, 5.74) is 1.50. The number of rotatable bonds is 3. The number of aryl methyl sites for hydroxylation is 1. The van der Waals surface area contributed by atoms with Gasteiger partial charge in [-0.25, -0.2) is 0 Å². The van der Waals surface area contributed by atoms with Crippen LogP contribution in [0.5, 0.6) is 0 Å². The molecule has 2 fully saturated rings. The van der Waals surface area contributed by atoms with E-state index in [0.717, 1.165) is 56.7 Å². The van der Waals surface area contributed by atoms with Crippen LogP contribution in [-0.4, -0.2) is 58.4 Å². The van der Waals surface area contributed by atoms with Gasteiger partial charge in [0.1, 0.15) is 0 Å². The van der Waals surface area contributed by atoms with Crippen molar-refractivity contribution in [3.8, 4) is 0 Å². The standard InChI is InChI=1S/C16H25N3O2/c1-13-9-17-10-15(18-13)14-3-2-6-19(11-14)12-16(20)4-7-21-8-5-16/h9-10,14,20H,2-8,11-12H2,1H3. The molecule has 0 radical (unpaired) electrons. The lowest BCUT2D eigenvalue weighted by atomic mass is 9.90. The normalized spacial score (nSPS) is 26.7. The van der Waals surface area contributed by atoms with Crippen molar-refractivity contribution in [2.75, 3.05) is 32.8 Å². The summed E-state index contributed by atoms with van der Waals surface area (Å²) in [6.07, 6.45) is 7.51. The molecule has 0 amide bonds. The largest absolute Gasteiger partial charge is 0.388 e. The van der Waals surface area contributed by atoms with Crippen molar-refractivity contribution in [2.45, 2.75) is 44.1 Å². The lowest BCUT2D eigenvalue weighted by Crippen LogP contribution is -2.49. The van der Waals surface area contributed by atoms with E-state index in [1.54, 1.807) is 6.20 Å². The third-order valence-electron chi connectivity index (χ3n) is 4.64. The maximum atomic E-state index is 10.7. The summed E-state index contributed by atoms with van der Waals surface area (Å²) in [6, 6.07) is 0. The zero-order chi connectivity index (χ0) is 14.7. The molecule has 1 aromatic rings. The van der Waals surface area contributed by atoms with Crippen LogP contribution in [0.3, 0.4) is 0 Å². The highest BCUT2D eigenvalue weighted by atomic mass is 16.5. The second-order valence-electron chi connectivity index (χ2n) is 6.50. The summed E-state index contributed by atoms with van der Waals surface area (Å²) in [5.74, 6) is 0.439. The molecule has 0 bridgehead atoms. The van der Waals surface area contributed by atoms with Gasteiger partial charge < -0.3 is 9.84 Å². The summed E-state index contributed by atoms with van der Waals surface area (Å²) in [6.45, 7) is 6.14. The van der Waals surface area contributed by atoms with Crippen molar-refractivity contribution < 1.29 is 9.84 Å². The van der Waals surface area contributed by atoms with Gasteiger partial charge in [-0.2, -0.15) is 0 Å². The Balaban J connectivity index is 1.63. The maximum absolute atomic E-state index is 10.7. The van der Waals surface area contributed by atoms with Crippen molar-refractivity contribution >= 4 is 0 Å². The molecular weight excluding hydrogens is 266 g/mol. The minimum absolute atomic E-state index is 0.439. The minimum atomic E-state index is -0.571. The summed E-state index contributed by atoms with van der Waals surface area (Å²) < 4.78 is 5.36. The van der Waals surface area contributed by atoms with E-state index in [9.17, 15) is 5.11 Å². The summed E-state index contributed by atoms with van der Waals surface area (Å²) in [7, 11) is 0. The first-order valence-electron chi connectivity index (χ1n) is 7.96. The van der Waals surface area contributed by atoms with Gasteiger partial charge in [-0.3, -0.25) is 14.9 Å². The highest BCUT2D eigenvalue weighted by molar-refractivity contribution is 5.09. The molecule has 2 saturated heterocycles. The van der Waals surface area contributed by atoms with Gasteiger partial charge in [0.2, 0.25) is 0 Å². The summed E-state index contributed by atoms with van der Waals surface area (Å²) in [4.78, 5) is 11.3. The summed E-state index contributed by atoms with van der Waals surface area (Å²) in [5, 5.41) is 10.7. The van der Waals surface area contributed by atoms with Crippen LogP contribution in [-0.2, 0) is 4.74 Å². The first-order chi connectivity index (χ1) is 10.1. The Morgan fingerprint density at radius 3 is 2.95 bits per heavy atom. The predicted molar refractivity (Wildman–Crippen MR) is 80.2 cm³/mol. The first kappa shape index (κ1) is 14.9. The van der Waals surface area contributed by atoms with E-state index in [-0.39, 0.29) is 0 Å². The van der Waals surface area contributed by atoms with Crippen molar-refractivity contribution in [2.24, 2.45) is 0 Å². The molecule has 1 N–H and O–H groups in total. The van der Waals surface area contributed by atoms with E-state index in [4.69, 9.17) is 4.74 Å². The molecule has 1 atom stereocenters. The van der Waals surface area contributed by atoms with Crippen LogP contribution in [0, 0.1) is 6.92 Å². The number of β-amino-alcohol motifs (C(OH)–C–C–N with tert-alkyl or cyclic N) is 1. The highest BCUT2D eigenvalue weighted by Crippen LogP contribution is 2.28. The second-order valence-corrected chi connectivity index (χ2v) is 6.50. The van der Waals surface area contributed by atoms with Gasteiger partial charge in [-0.05, 0) is 26.3 Å². The number of ether oxygens (including phenoxy) is 1. The molecule has 3 heterocycles. The number of aliphatic hydroxyl groups is 1. The molecule has 0 spiro atoms. The molecule has 5 nitrogen and oxygen atoms in total. The van der Waals surface area contributed by atoms with Crippen molar-refractivity contribution in [3.05, 3.63) is 23.8 Å². The van der Waals surface area contributed by atoms with E-state index in [0.29, 0.717) is 19.1 Å². The van der Waals surface area contributed by atoms with Gasteiger partial charge in [0, 0.05) is 57.5 Å². The first-order valence-corrected chi connectivity index (χ1v) is 7.96. The Hall–Kier alpha value is -1.04. The molecule has 1 aromatic heterocycles. The smallest absolute Gasteiger partial charge is 0.0817 e. The van der Waals surface area contributed by atoms with Crippen molar-refractivity contribution in [1.82, 2.24) is 14.9 Å². The van der Waals surface area contributed by atoms with E-state index in [1.165, 1.54) is 0 Å². The van der Waals surface area contributed by atoms with Crippen LogP contribution in [0.25, 0.3) is 0 Å². The van der Waals surface area contributed by atoms with E-state index >= 15 is 0 Å². The van der Waals surface area contributed by atoms with Gasteiger partial charge in [0.05, 0.1) is 17.0 Å². The van der Waals surface area contributed by atoms with Gasteiger partial charge in [0.15, 0.2) is 0 Å². The molecule has 3 rings (SSSR count). The fraction of sp³-hybridized carbons (Fsp3) is 0.750. The fourth-order valence-electron chi connectivity index (χ4n) is 3.45. The molecule has 0 saturated carbocycles. The predicted octanol–water partition coefficient (Wildman–Crippen LogP) is 1.51. The Kier molecular flexibility index (Phi) is 4.52. The molecular formula is C16H25N3O2. The third-order valence-corrected chi connectivity index (χ3v) is 4.64. The van der Waals surface area contributed by atoms with Crippen LogP contribution < -0.4 is 0 Å². The Bertz CT molecular complexity index is 474. The van der Waals surface area contributed by atoms with Crippen molar-refractivity contribution in [3.63, 3.8) is 0 Å². The Morgan fingerprint density at radius 2 is 2.19 bits per heavy atom. The Morgan fingerprint density at radius 1 is 1.38 bits per heavy atom. The number of likely N-dealkylation sites (tertiary alicyclic amines) is 1. The van der Waals surface area contributed by atoms with Crippen LogP contribution in [0.2, 0.25) is 0 Å². The quantitative estimate of drug-likeness (QED) is 0.914. The third kappa shape index (κ3) is 3.78. The molecule has 2 aliphatic heterocycles. The lowest BCUT2D eigenvalue weighted by molar-refractivity contribution is -0.0824. The molecule has 0 aromatic carbocycles. The number of hydrogen-bond donors (Lipinski definition) is 1. The zero-order valence-electron chi connectivity index (χ0n) is 12.8. The number of hydrogen-bond acceptors (Lipinski definition) is 5. The van der Waals surface area contributed by atoms with Crippen LogP contribution in [0.15, 0.2) is 12.4 Å². The fourth-order valence-corrected chi connectivity index (χ4v) is 3.45. The topological polar surface area (TPSA) is 58.5 Å². The number of aromatic nitrogens is 2. The Labute approximate surface area is 126 Å². The number of piperidine rings is 1. The highest BCUT2D eigenvalue weighted by Gasteiger charge is 2.34. The molecule has 1 unspecified atom stereocenters. The molecule has 2 aliphatic rings. The van der Waals surface area contributed by atoms with Crippen LogP contribution >= 0.6 is 0 Å². The number of nitrogens with zero attached hydrogens (tertiary/aromatic N) is 3. The zero-order valence-corrected chi connectivity index (χ0v) is 12.8. The monoisotopic (exact) mass is 291 g/mol. The maximum Gasteiger partial charge on any atom is 0.0817 e. The van der Waals surface area contributed by atoms with Crippen LogP contribution in [0.1, 0.15) is 43.0 Å². The molecule has 0 aliphatic carbocycles. The molecule has 116 valence electrons. The van der Waals surface area contributed by atoms with Crippen LogP contribution in [0.4, 0.5) is 0 Å². The SMILES string of the molecule is Cc1cncc(C2CCCN(CC3(O)CCOCC3)C2)n1. The minimum Gasteiger partial charge on any atom is -0.388 e. The second kappa shape index (κ2) is 6.38. The van der Waals surface area contributed by atoms with E-state index < -0.39 is 5.60 Å². The van der Waals surface area contributed by atoms with Gasteiger partial charge in [0.25, 0.3) is 0 Å². The summed E-state index contributed by atoms with van der Waals surface area (Å²) >= 11 is 0. The average Bonchev–Trinajstić information content (AvgIpc) is 2.48.